The summed E-state index contributed by atoms with van der Waals surface area (Å²) in [4.78, 5) is 36.9. The fourth-order valence-electron chi connectivity index (χ4n) is 3.35. The monoisotopic (exact) mass is 437 g/mol. The first kappa shape index (κ1) is 22.1. The van der Waals surface area contributed by atoms with Gasteiger partial charge in [-0.25, -0.2) is 4.39 Å². The third kappa shape index (κ3) is 5.30. The van der Waals surface area contributed by atoms with Gasteiger partial charge in [-0.15, -0.1) is 0 Å². The number of nitrogens with one attached hydrogen (secondary N) is 1. The molecule has 1 atom stereocenters. The number of benzene rings is 2. The van der Waals surface area contributed by atoms with Crippen molar-refractivity contribution in [2.24, 2.45) is 5.92 Å². The second-order valence-electron chi connectivity index (χ2n) is 6.88. The molecule has 0 radical (unpaired) electrons. The Morgan fingerprint density at radius 2 is 1.97 bits per heavy atom. The van der Waals surface area contributed by atoms with Gasteiger partial charge in [-0.1, -0.05) is 12.1 Å². The standard InChI is InChI=1S/C20H18F3N3O5/c21-15-8-7-13(26(29)30)10-16(15)24-18(27)12-4-3-9-25(11-12)19(28)14-5-1-2-6-17(14)31-20(22)23/h1-2,5-8,10,12,20H,3-4,9,11H2,(H,24,27). The van der Waals surface area contributed by atoms with E-state index in [1.165, 1.54) is 29.2 Å². The number of nitrogens with zero attached hydrogens (tertiary/aromatic N) is 2. The number of amides is 2. The van der Waals surface area contributed by atoms with Crippen molar-refractivity contribution < 1.29 is 32.4 Å². The number of hydrogen-bond donors (Lipinski definition) is 1. The number of halogens is 3. The predicted molar refractivity (Wildman–Crippen MR) is 103 cm³/mol. The molecular formula is C20H18F3N3O5. The maximum Gasteiger partial charge on any atom is 0.387 e. The fraction of sp³-hybridized carbons (Fsp3) is 0.300. The second-order valence-corrected chi connectivity index (χ2v) is 6.88. The van der Waals surface area contributed by atoms with E-state index < -0.39 is 35.1 Å². The van der Waals surface area contributed by atoms with Crippen molar-refractivity contribution in [3.05, 3.63) is 64.0 Å². The van der Waals surface area contributed by atoms with Crippen LogP contribution in [0.25, 0.3) is 0 Å². The minimum atomic E-state index is -3.10. The average Bonchev–Trinajstić information content (AvgIpc) is 2.74. The molecule has 11 heteroatoms. The molecule has 3 rings (SSSR count). The van der Waals surface area contributed by atoms with E-state index in [4.69, 9.17) is 0 Å². The van der Waals surface area contributed by atoms with Gasteiger partial charge >= 0.3 is 6.61 Å². The number of nitro groups is 1. The van der Waals surface area contributed by atoms with Crippen LogP contribution in [-0.2, 0) is 4.79 Å². The largest absolute Gasteiger partial charge is 0.434 e. The molecule has 1 unspecified atom stereocenters. The van der Waals surface area contributed by atoms with Crippen LogP contribution >= 0.6 is 0 Å². The number of anilines is 1. The predicted octanol–water partition coefficient (Wildman–Crippen LogP) is 3.83. The topological polar surface area (TPSA) is 102 Å². The quantitative estimate of drug-likeness (QED) is 0.547. The number of rotatable bonds is 6. The van der Waals surface area contributed by atoms with Crippen LogP contribution in [0.5, 0.6) is 5.75 Å². The van der Waals surface area contributed by atoms with Crippen molar-refractivity contribution in [3.8, 4) is 5.75 Å². The molecule has 1 heterocycles. The van der Waals surface area contributed by atoms with Crippen LogP contribution in [0.1, 0.15) is 23.2 Å². The van der Waals surface area contributed by atoms with Crippen LogP contribution in [0.2, 0.25) is 0 Å². The van der Waals surface area contributed by atoms with Crippen molar-refractivity contribution in [2.45, 2.75) is 19.5 Å². The summed E-state index contributed by atoms with van der Waals surface area (Å²) in [6.07, 6.45) is 0.862. The average molecular weight is 437 g/mol. The number of para-hydroxylation sites is 1. The minimum absolute atomic E-state index is 0.0236. The van der Waals surface area contributed by atoms with Gasteiger partial charge in [0.25, 0.3) is 11.6 Å². The van der Waals surface area contributed by atoms with E-state index in [0.717, 1.165) is 18.2 Å². The Morgan fingerprint density at radius 3 is 2.68 bits per heavy atom. The van der Waals surface area contributed by atoms with Crippen LogP contribution in [0, 0.1) is 21.8 Å². The first-order valence-corrected chi connectivity index (χ1v) is 9.34. The third-order valence-corrected chi connectivity index (χ3v) is 4.83. The summed E-state index contributed by atoms with van der Waals surface area (Å²) in [5, 5.41) is 13.2. The van der Waals surface area contributed by atoms with Crippen molar-refractivity contribution in [1.82, 2.24) is 4.90 Å². The van der Waals surface area contributed by atoms with Gasteiger partial charge in [0, 0.05) is 25.2 Å². The summed E-state index contributed by atoms with van der Waals surface area (Å²) in [5.41, 5.74) is -0.778. The van der Waals surface area contributed by atoms with Gasteiger partial charge in [-0.3, -0.25) is 19.7 Å². The number of alkyl halides is 2. The molecule has 2 aromatic rings. The molecular weight excluding hydrogens is 419 g/mol. The van der Waals surface area contributed by atoms with Gasteiger partial charge in [0.2, 0.25) is 5.91 Å². The van der Waals surface area contributed by atoms with Crippen LogP contribution in [0.3, 0.4) is 0 Å². The molecule has 0 aliphatic carbocycles. The highest BCUT2D eigenvalue weighted by Gasteiger charge is 2.31. The zero-order valence-electron chi connectivity index (χ0n) is 16.1. The van der Waals surface area contributed by atoms with Crippen molar-refractivity contribution in [3.63, 3.8) is 0 Å². The zero-order chi connectivity index (χ0) is 22.5. The summed E-state index contributed by atoms with van der Waals surface area (Å²) < 4.78 is 43.6. The number of hydrogen-bond acceptors (Lipinski definition) is 5. The normalized spacial score (nSPS) is 16.1. The molecule has 164 valence electrons. The Balaban J connectivity index is 1.72. The number of non-ortho nitro benzene ring substituents is 1. The lowest BCUT2D eigenvalue weighted by molar-refractivity contribution is -0.384. The summed E-state index contributed by atoms with van der Waals surface area (Å²) in [6, 6.07) is 8.33. The molecule has 8 nitrogen and oxygen atoms in total. The molecule has 2 aromatic carbocycles. The molecule has 1 N–H and O–H groups in total. The minimum Gasteiger partial charge on any atom is -0.434 e. The molecule has 1 fully saturated rings. The van der Waals surface area contributed by atoms with Crippen molar-refractivity contribution >= 4 is 23.2 Å². The Morgan fingerprint density at radius 1 is 1.23 bits per heavy atom. The summed E-state index contributed by atoms with van der Waals surface area (Å²) in [7, 11) is 0. The smallest absolute Gasteiger partial charge is 0.387 e. The molecule has 0 aromatic heterocycles. The van der Waals surface area contributed by atoms with E-state index in [1.54, 1.807) is 0 Å². The molecule has 1 saturated heterocycles. The van der Waals surface area contributed by atoms with Crippen LogP contribution in [-0.4, -0.2) is 41.3 Å². The van der Waals surface area contributed by atoms with Crippen molar-refractivity contribution in [2.75, 3.05) is 18.4 Å². The number of piperidine rings is 1. The Hall–Kier alpha value is -3.63. The van der Waals surface area contributed by atoms with E-state index in [0.29, 0.717) is 19.4 Å². The molecule has 0 saturated carbocycles. The van der Waals surface area contributed by atoms with Crippen LogP contribution < -0.4 is 10.1 Å². The van der Waals surface area contributed by atoms with E-state index in [1.807, 2.05) is 0 Å². The first-order chi connectivity index (χ1) is 14.8. The number of nitro benzene ring substituents is 1. The highest BCUT2D eigenvalue weighted by atomic mass is 19.3. The van der Waals surface area contributed by atoms with E-state index in [2.05, 4.69) is 10.1 Å². The van der Waals surface area contributed by atoms with Gasteiger partial charge in [-0.05, 0) is 31.0 Å². The molecule has 0 bridgehead atoms. The summed E-state index contributed by atoms with van der Waals surface area (Å²) in [6.45, 7) is -2.82. The van der Waals surface area contributed by atoms with Gasteiger partial charge in [0.15, 0.2) is 0 Å². The Kier molecular flexibility index (Phi) is 6.73. The molecule has 1 aliphatic heterocycles. The zero-order valence-corrected chi connectivity index (χ0v) is 16.1. The lowest BCUT2D eigenvalue weighted by atomic mass is 9.96. The summed E-state index contributed by atoms with van der Waals surface area (Å²) >= 11 is 0. The lowest BCUT2D eigenvalue weighted by Gasteiger charge is -2.32. The third-order valence-electron chi connectivity index (χ3n) is 4.83. The summed E-state index contributed by atoms with van der Waals surface area (Å²) in [5.74, 6) is -2.99. The van der Waals surface area contributed by atoms with Crippen LogP contribution in [0.4, 0.5) is 24.5 Å². The molecule has 2 amide bonds. The second kappa shape index (κ2) is 9.45. The Labute approximate surface area is 174 Å². The number of ether oxygens (including phenoxy) is 1. The molecule has 0 spiro atoms. The van der Waals surface area contributed by atoms with Crippen molar-refractivity contribution in [1.29, 1.82) is 0 Å². The van der Waals surface area contributed by atoms with E-state index >= 15 is 0 Å². The first-order valence-electron chi connectivity index (χ1n) is 9.34. The molecule has 1 aliphatic rings. The maximum atomic E-state index is 14.0. The van der Waals surface area contributed by atoms with Gasteiger partial charge in [0.1, 0.15) is 11.6 Å². The molecule has 31 heavy (non-hydrogen) atoms. The van der Waals surface area contributed by atoms with Crippen LogP contribution in [0.15, 0.2) is 42.5 Å². The fourth-order valence-corrected chi connectivity index (χ4v) is 3.35. The maximum absolute atomic E-state index is 14.0. The number of carbonyl (C=O) groups is 2. The number of likely N-dealkylation sites (tertiary alicyclic amines) is 1. The number of carbonyl (C=O) groups excluding carboxylic acids is 2. The highest BCUT2D eigenvalue weighted by molar-refractivity contribution is 5.98. The van der Waals surface area contributed by atoms with Gasteiger partial charge in [0.05, 0.1) is 22.1 Å². The lowest BCUT2D eigenvalue weighted by Crippen LogP contribution is -2.44. The van der Waals surface area contributed by atoms with E-state index in [9.17, 15) is 32.9 Å². The van der Waals surface area contributed by atoms with E-state index in [-0.39, 0.29) is 29.2 Å². The Bertz CT molecular complexity index is 1000. The van der Waals surface area contributed by atoms with Gasteiger partial charge < -0.3 is 15.0 Å². The SMILES string of the molecule is O=C(Nc1cc([N+](=O)[O-])ccc1F)C1CCCN(C(=O)c2ccccc2OC(F)F)C1. The van der Waals surface area contributed by atoms with Gasteiger partial charge in [-0.2, -0.15) is 8.78 Å². The highest BCUT2D eigenvalue weighted by Crippen LogP contribution is 2.27.